The van der Waals surface area contributed by atoms with Crippen molar-refractivity contribution < 1.29 is 0 Å². The summed E-state index contributed by atoms with van der Waals surface area (Å²) in [7, 11) is 0. The third-order valence-electron chi connectivity index (χ3n) is 2.37. The van der Waals surface area contributed by atoms with Crippen LogP contribution in [0.5, 0.6) is 0 Å². The van der Waals surface area contributed by atoms with Crippen LogP contribution in [0.15, 0.2) is 35.2 Å². The van der Waals surface area contributed by atoms with Crippen molar-refractivity contribution in [1.82, 2.24) is 0 Å². The van der Waals surface area contributed by atoms with E-state index in [1.54, 1.807) is 0 Å². The van der Waals surface area contributed by atoms with Gasteiger partial charge in [0, 0.05) is 9.72 Å². The Balaban J connectivity index is 2.03. The number of alkyl halides is 1. The smallest absolute Gasteiger partial charge is 0.0143 e. The van der Waals surface area contributed by atoms with Crippen LogP contribution in [-0.4, -0.2) is 10.6 Å². The van der Waals surface area contributed by atoms with E-state index in [2.05, 4.69) is 53.2 Å². The average molecular weight is 287 g/mol. The van der Waals surface area contributed by atoms with Crippen LogP contribution in [0, 0.1) is 0 Å². The van der Waals surface area contributed by atoms with Crippen molar-refractivity contribution >= 4 is 27.7 Å². The van der Waals surface area contributed by atoms with E-state index >= 15 is 0 Å². The molecule has 1 atom stereocenters. The number of rotatable bonds is 7. The highest BCUT2D eigenvalue weighted by Gasteiger charge is 1.99. The van der Waals surface area contributed by atoms with Gasteiger partial charge in [0.2, 0.25) is 0 Å². The van der Waals surface area contributed by atoms with E-state index in [0.29, 0.717) is 0 Å². The summed E-state index contributed by atoms with van der Waals surface area (Å²) in [6.45, 7) is 2.23. The highest BCUT2D eigenvalue weighted by molar-refractivity contribution is 9.09. The van der Waals surface area contributed by atoms with Gasteiger partial charge < -0.3 is 0 Å². The van der Waals surface area contributed by atoms with Gasteiger partial charge in [0.15, 0.2) is 0 Å². The van der Waals surface area contributed by atoms with Gasteiger partial charge in [-0.25, -0.2) is 0 Å². The van der Waals surface area contributed by atoms with Crippen LogP contribution in [0.2, 0.25) is 0 Å². The van der Waals surface area contributed by atoms with Crippen molar-refractivity contribution in [1.29, 1.82) is 0 Å². The van der Waals surface area contributed by atoms with Crippen molar-refractivity contribution in [2.24, 2.45) is 0 Å². The summed E-state index contributed by atoms with van der Waals surface area (Å²) in [5.41, 5.74) is 0. The predicted octanol–water partition coefficient (Wildman–Crippen LogP) is 5.12. The minimum absolute atomic E-state index is 0.722. The van der Waals surface area contributed by atoms with E-state index in [9.17, 15) is 0 Å². The van der Waals surface area contributed by atoms with Crippen LogP contribution < -0.4 is 0 Å². The molecule has 0 heterocycles. The quantitative estimate of drug-likeness (QED) is 0.381. The molecule has 1 rings (SSSR count). The minimum Gasteiger partial charge on any atom is -0.126 e. The molecule has 0 aliphatic heterocycles. The molecule has 0 amide bonds. The zero-order valence-corrected chi connectivity index (χ0v) is 11.7. The number of hydrogen-bond donors (Lipinski definition) is 0. The highest BCUT2D eigenvalue weighted by atomic mass is 79.9. The maximum atomic E-state index is 3.67. The fraction of sp³-hybridized carbons (Fsp3) is 0.538. The summed E-state index contributed by atoms with van der Waals surface area (Å²) in [5, 5.41) is 0. The van der Waals surface area contributed by atoms with Gasteiger partial charge in [-0.1, -0.05) is 47.5 Å². The van der Waals surface area contributed by atoms with Crippen LogP contribution in [0.4, 0.5) is 0 Å². The lowest BCUT2D eigenvalue weighted by Gasteiger charge is -2.05. The molecule has 0 radical (unpaired) electrons. The van der Waals surface area contributed by atoms with Crippen molar-refractivity contribution in [3.8, 4) is 0 Å². The Morgan fingerprint density at radius 1 is 1.20 bits per heavy atom. The summed E-state index contributed by atoms with van der Waals surface area (Å²) in [6.07, 6.45) is 5.21. The largest absolute Gasteiger partial charge is 0.126 e. The van der Waals surface area contributed by atoms with E-state index in [1.807, 2.05) is 11.8 Å². The summed E-state index contributed by atoms with van der Waals surface area (Å²) < 4.78 is 0. The van der Waals surface area contributed by atoms with Gasteiger partial charge in [-0.2, -0.15) is 0 Å². The fourth-order valence-corrected chi connectivity index (χ4v) is 2.64. The Labute approximate surface area is 106 Å². The van der Waals surface area contributed by atoms with E-state index in [4.69, 9.17) is 0 Å². The molecule has 0 saturated carbocycles. The SMILES string of the molecule is CCC(Br)CCCCSc1ccccc1. The molecule has 1 unspecified atom stereocenters. The number of thioether (sulfide) groups is 1. The second kappa shape index (κ2) is 8.23. The Hall–Kier alpha value is 0.0500. The Morgan fingerprint density at radius 2 is 1.93 bits per heavy atom. The molecule has 0 fully saturated rings. The Bertz CT molecular complexity index is 248. The molecule has 84 valence electrons. The van der Waals surface area contributed by atoms with E-state index in [-0.39, 0.29) is 0 Å². The zero-order valence-electron chi connectivity index (χ0n) is 9.29. The first-order chi connectivity index (χ1) is 7.33. The normalized spacial score (nSPS) is 12.7. The van der Waals surface area contributed by atoms with Crippen molar-refractivity contribution in [2.75, 3.05) is 5.75 Å². The second-order valence-electron chi connectivity index (χ2n) is 3.66. The molecule has 0 N–H and O–H groups in total. The number of benzene rings is 1. The summed E-state index contributed by atoms with van der Waals surface area (Å²) in [4.78, 5) is 2.11. The third kappa shape index (κ3) is 6.26. The van der Waals surface area contributed by atoms with Crippen molar-refractivity contribution in [3.63, 3.8) is 0 Å². The maximum Gasteiger partial charge on any atom is 0.0143 e. The molecule has 2 heteroatoms. The third-order valence-corrected chi connectivity index (χ3v) is 4.57. The maximum absolute atomic E-state index is 3.67. The van der Waals surface area contributed by atoms with E-state index in [0.717, 1.165) is 4.83 Å². The first kappa shape index (κ1) is 13.1. The molecule has 0 aliphatic carbocycles. The number of hydrogen-bond acceptors (Lipinski definition) is 1. The monoisotopic (exact) mass is 286 g/mol. The Kier molecular flexibility index (Phi) is 7.20. The molecule has 0 saturated heterocycles. The molecule has 1 aromatic carbocycles. The minimum atomic E-state index is 0.722. The molecule has 0 nitrogen and oxygen atoms in total. The van der Waals surface area contributed by atoms with Crippen LogP contribution in [-0.2, 0) is 0 Å². The van der Waals surface area contributed by atoms with Crippen LogP contribution >= 0.6 is 27.7 Å². The van der Waals surface area contributed by atoms with E-state index < -0.39 is 0 Å². The second-order valence-corrected chi connectivity index (χ2v) is 6.13. The lowest BCUT2D eigenvalue weighted by atomic mass is 10.2. The topological polar surface area (TPSA) is 0 Å². The molecular formula is C13H19BrS. The van der Waals surface area contributed by atoms with Gasteiger partial charge in [0.05, 0.1) is 0 Å². The molecule has 1 aromatic rings. The van der Waals surface area contributed by atoms with Crippen molar-refractivity contribution in [2.45, 2.75) is 42.3 Å². The summed E-state index contributed by atoms with van der Waals surface area (Å²) in [6, 6.07) is 10.6. The van der Waals surface area contributed by atoms with Gasteiger partial charge in [0.25, 0.3) is 0 Å². The average Bonchev–Trinajstić information content (AvgIpc) is 2.29. The van der Waals surface area contributed by atoms with Crippen LogP contribution in [0.1, 0.15) is 32.6 Å². The highest BCUT2D eigenvalue weighted by Crippen LogP contribution is 2.20. The molecule has 0 spiro atoms. The van der Waals surface area contributed by atoms with Gasteiger partial charge >= 0.3 is 0 Å². The molecule has 15 heavy (non-hydrogen) atoms. The Morgan fingerprint density at radius 3 is 2.60 bits per heavy atom. The standard InChI is InChI=1S/C13H19BrS/c1-2-12(14)8-6-7-11-15-13-9-4-3-5-10-13/h3-5,9-10,12H,2,6-8,11H2,1H3. The molecule has 0 aliphatic rings. The molecule has 0 bridgehead atoms. The first-order valence-corrected chi connectivity index (χ1v) is 7.55. The van der Waals surface area contributed by atoms with Gasteiger partial charge in [-0.15, -0.1) is 11.8 Å². The fourth-order valence-electron chi connectivity index (χ4n) is 1.38. The summed E-state index contributed by atoms with van der Waals surface area (Å²) in [5.74, 6) is 1.24. The van der Waals surface area contributed by atoms with Crippen LogP contribution in [0.3, 0.4) is 0 Å². The van der Waals surface area contributed by atoms with Gasteiger partial charge in [-0.3, -0.25) is 0 Å². The lowest BCUT2D eigenvalue weighted by molar-refractivity contribution is 0.681. The van der Waals surface area contributed by atoms with Gasteiger partial charge in [0.1, 0.15) is 0 Å². The van der Waals surface area contributed by atoms with Crippen molar-refractivity contribution in [3.05, 3.63) is 30.3 Å². The number of halogens is 1. The van der Waals surface area contributed by atoms with E-state index in [1.165, 1.54) is 36.3 Å². The first-order valence-electron chi connectivity index (χ1n) is 5.65. The van der Waals surface area contributed by atoms with Gasteiger partial charge in [-0.05, 0) is 37.1 Å². The lowest BCUT2D eigenvalue weighted by Crippen LogP contribution is -1.94. The number of unbranched alkanes of at least 4 members (excludes halogenated alkanes) is 1. The van der Waals surface area contributed by atoms with Crippen LogP contribution in [0.25, 0.3) is 0 Å². The summed E-state index contributed by atoms with van der Waals surface area (Å²) >= 11 is 5.63. The predicted molar refractivity (Wildman–Crippen MR) is 74.0 cm³/mol. The zero-order chi connectivity index (χ0) is 10.9. The molecule has 0 aromatic heterocycles. The molecular weight excluding hydrogens is 268 g/mol.